The molecule has 0 fully saturated rings. The summed E-state index contributed by atoms with van der Waals surface area (Å²) in [6, 6.07) is 13.3. The van der Waals surface area contributed by atoms with E-state index in [0.717, 1.165) is 0 Å². The van der Waals surface area contributed by atoms with Gasteiger partial charge in [0.15, 0.2) is 6.10 Å². The maximum Gasteiger partial charge on any atom is 0.267 e. The van der Waals surface area contributed by atoms with Crippen molar-refractivity contribution in [2.24, 2.45) is 0 Å². The molecule has 32 heavy (non-hydrogen) atoms. The molecule has 0 saturated carbocycles. The van der Waals surface area contributed by atoms with Crippen LogP contribution in [0.2, 0.25) is 0 Å². The fraction of sp³-hybridized carbons (Fsp3) is 0.364. The van der Waals surface area contributed by atoms with Crippen LogP contribution in [0.1, 0.15) is 23.7 Å². The van der Waals surface area contributed by atoms with Crippen LogP contribution in [0.25, 0.3) is 0 Å². The number of fused-ring (bicyclic) bond motifs is 1. The molecule has 0 bridgehead atoms. The number of para-hydroxylation sites is 3. The minimum atomic E-state index is -3.61. The summed E-state index contributed by atoms with van der Waals surface area (Å²) < 4.78 is 37.2. The highest BCUT2D eigenvalue weighted by Crippen LogP contribution is 2.35. The Kier molecular flexibility index (Phi) is 7.70. The molecule has 2 amide bonds. The van der Waals surface area contributed by atoms with Gasteiger partial charge in [-0.05, 0) is 37.6 Å². The molecular formula is C22H27N3O6S. The van der Waals surface area contributed by atoms with Crippen LogP contribution >= 0.6 is 0 Å². The first-order valence-electron chi connectivity index (χ1n) is 10.3. The number of nitrogens with one attached hydrogen (secondary N) is 2. The minimum absolute atomic E-state index is 0.109. The van der Waals surface area contributed by atoms with Gasteiger partial charge in [-0.3, -0.25) is 13.9 Å². The average Bonchev–Trinajstić information content (AvgIpc) is 2.81. The van der Waals surface area contributed by atoms with Crippen LogP contribution in [0, 0.1) is 0 Å². The summed E-state index contributed by atoms with van der Waals surface area (Å²) in [5.41, 5.74) is 1.01. The van der Waals surface area contributed by atoms with Crippen molar-refractivity contribution in [1.82, 2.24) is 5.32 Å². The predicted molar refractivity (Wildman–Crippen MR) is 122 cm³/mol. The lowest BCUT2D eigenvalue weighted by Gasteiger charge is -2.34. The zero-order valence-corrected chi connectivity index (χ0v) is 18.9. The van der Waals surface area contributed by atoms with Crippen molar-refractivity contribution in [3.8, 4) is 5.75 Å². The van der Waals surface area contributed by atoms with Crippen LogP contribution in [0.5, 0.6) is 5.75 Å². The van der Waals surface area contributed by atoms with Gasteiger partial charge in [-0.15, -0.1) is 0 Å². The molecule has 2 aromatic rings. The van der Waals surface area contributed by atoms with E-state index in [9.17, 15) is 18.0 Å². The molecule has 2 aromatic carbocycles. The molecule has 3 rings (SSSR count). The van der Waals surface area contributed by atoms with Crippen LogP contribution in [0.3, 0.4) is 0 Å². The molecule has 1 unspecified atom stereocenters. The van der Waals surface area contributed by atoms with Crippen LogP contribution in [-0.4, -0.2) is 58.9 Å². The molecule has 1 heterocycles. The highest BCUT2D eigenvalue weighted by Gasteiger charge is 2.36. The lowest BCUT2D eigenvalue weighted by atomic mass is 10.1. The normalized spacial score (nSPS) is 15.4. The number of nitrogens with zero attached hydrogens (tertiary/aromatic N) is 1. The van der Waals surface area contributed by atoms with Crippen molar-refractivity contribution in [2.45, 2.75) is 19.4 Å². The summed E-state index contributed by atoms with van der Waals surface area (Å²) in [4.78, 5) is 25.6. The van der Waals surface area contributed by atoms with E-state index in [-0.39, 0.29) is 18.2 Å². The third-order valence-electron chi connectivity index (χ3n) is 4.97. The number of sulfonamides is 1. The highest BCUT2D eigenvalue weighted by molar-refractivity contribution is 7.92. The van der Waals surface area contributed by atoms with Crippen molar-refractivity contribution in [2.75, 3.05) is 42.2 Å². The van der Waals surface area contributed by atoms with Gasteiger partial charge in [-0.1, -0.05) is 24.3 Å². The number of benzene rings is 2. The van der Waals surface area contributed by atoms with Gasteiger partial charge in [-0.2, -0.15) is 0 Å². The molecule has 0 saturated heterocycles. The van der Waals surface area contributed by atoms with Gasteiger partial charge < -0.3 is 20.1 Å². The van der Waals surface area contributed by atoms with Gasteiger partial charge >= 0.3 is 0 Å². The average molecular weight is 462 g/mol. The Morgan fingerprint density at radius 3 is 2.62 bits per heavy atom. The molecule has 172 valence electrons. The zero-order chi connectivity index (χ0) is 23.1. The number of amides is 2. The number of hydrogen-bond acceptors (Lipinski definition) is 6. The molecule has 1 aliphatic rings. The van der Waals surface area contributed by atoms with Gasteiger partial charge in [0.2, 0.25) is 10.0 Å². The van der Waals surface area contributed by atoms with Gasteiger partial charge in [0.1, 0.15) is 5.75 Å². The van der Waals surface area contributed by atoms with E-state index in [1.807, 2.05) is 0 Å². The van der Waals surface area contributed by atoms with Gasteiger partial charge in [0.25, 0.3) is 11.8 Å². The SMILES string of the molecule is CCS(=O)(=O)N1CC(C(=O)Nc2ccccc2C(=O)NCCCOC)Oc2ccccc21. The molecule has 0 aliphatic carbocycles. The number of anilines is 2. The second-order valence-electron chi connectivity index (χ2n) is 7.14. The number of hydrogen-bond donors (Lipinski definition) is 2. The monoisotopic (exact) mass is 461 g/mol. The largest absolute Gasteiger partial charge is 0.476 e. The van der Waals surface area contributed by atoms with Crippen LogP contribution < -0.4 is 19.7 Å². The van der Waals surface area contributed by atoms with Crippen molar-refractivity contribution in [3.63, 3.8) is 0 Å². The molecule has 0 spiro atoms. The zero-order valence-electron chi connectivity index (χ0n) is 18.0. The fourth-order valence-corrected chi connectivity index (χ4v) is 4.40. The third kappa shape index (κ3) is 5.38. The Bertz CT molecular complexity index is 1070. The third-order valence-corrected chi connectivity index (χ3v) is 6.72. The summed E-state index contributed by atoms with van der Waals surface area (Å²) in [5.74, 6) is -0.681. The minimum Gasteiger partial charge on any atom is -0.476 e. The first-order chi connectivity index (χ1) is 15.4. The molecule has 0 aromatic heterocycles. The summed E-state index contributed by atoms with van der Waals surface area (Å²) in [6.45, 7) is 2.34. The Hall–Kier alpha value is -3.11. The Balaban J connectivity index is 1.77. The maximum atomic E-state index is 13.0. The quantitative estimate of drug-likeness (QED) is 0.552. The number of ether oxygens (including phenoxy) is 2. The van der Waals surface area contributed by atoms with Crippen molar-refractivity contribution < 1.29 is 27.5 Å². The predicted octanol–water partition coefficient (Wildman–Crippen LogP) is 2.01. The number of rotatable bonds is 9. The van der Waals surface area contributed by atoms with Crippen LogP contribution in [-0.2, 0) is 19.6 Å². The van der Waals surface area contributed by atoms with Gasteiger partial charge in [-0.25, -0.2) is 8.42 Å². The summed E-state index contributed by atoms with van der Waals surface area (Å²) in [7, 11) is -2.02. The molecule has 9 nitrogen and oxygen atoms in total. The molecular weight excluding hydrogens is 434 g/mol. The molecule has 1 atom stereocenters. The summed E-state index contributed by atoms with van der Waals surface area (Å²) in [5, 5.41) is 5.50. The highest BCUT2D eigenvalue weighted by atomic mass is 32.2. The van der Waals surface area contributed by atoms with Crippen molar-refractivity contribution >= 4 is 33.2 Å². The van der Waals surface area contributed by atoms with E-state index in [2.05, 4.69) is 10.6 Å². The van der Waals surface area contributed by atoms with Gasteiger partial charge in [0.05, 0.1) is 29.2 Å². The van der Waals surface area contributed by atoms with Crippen LogP contribution in [0.4, 0.5) is 11.4 Å². The van der Waals surface area contributed by atoms with E-state index in [1.54, 1.807) is 62.6 Å². The first kappa shape index (κ1) is 23.6. The number of methoxy groups -OCH3 is 1. The first-order valence-corrected chi connectivity index (χ1v) is 11.9. The summed E-state index contributed by atoms with van der Waals surface area (Å²) in [6.07, 6.45) is -0.419. The maximum absolute atomic E-state index is 13.0. The fourth-order valence-electron chi connectivity index (χ4n) is 3.28. The second kappa shape index (κ2) is 10.5. The molecule has 2 N–H and O–H groups in total. The van der Waals surface area contributed by atoms with E-state index in [1.165, 1.54) is 4.31 Å². The van der Waals surface area contributed by atoms with E-state index in [4.69, 9.17) is 9.47 Å². The smallest absolute Gasteiger partial charge is 0.267 e. The van der Waals surface area contributed by atoms with Crippen LogP contribution in [0.15, 0.2) is 48.5 Å². The van der Waals surface area contributed by atoms with E-state index >= 15 is 0 Å². The van der Waals surface area contributed by atoms with E-state index < -0.39 is 22.0 Å². The van der Waals surface area contributed by atoms with Gasteiger partial charge in [0, 0.05) is 20.3 Å². The van der Waals surface area contributed by atoms with Crippen molar-refractivity contribution in [1.29, 1.82) is 0 Å². The Morgan fingerprint density at radius 1 is 1.16 bits per heavy atom. The van der Waals surface area contributed by atoms with Crippen molar-refractivity contribution in [3.05, 3.63) is 54.1 Å². The Labute approximate surface area is 187 Å². The molecule has 1 aliphatic heterocycles. The lowest BCUT2D eigenvalue weighted by molar-refractivity contribution is -0.122. The topological polar surface area (TPSA) is 114 Å². The Morgan fingerprint density at radius 2 is 1.88 bits per heavy atom. The molecule has 0 radical (unpaired) electrons. The number of carbonyl (C=O) groups is 2. The summed E-state index contributed by atoms with van der Waals surface area (Å²) >= 11 is 0. The van der Waals surface area contributed by atoms with E-state index in [0.29, 0.717) is 42.3 Å². The number of carbonyl (C=O) groups excluding carboxylic acids is 2. The standard InChI is InChI=1S/C22H27N3O6S/c1-3-32(28,29)25-15-20(31-19-12-7-6-11-18(19)25)22(27)24-17-10-5-4-9-16(17)21(26)23-13-8-14-30-2/h4-7,9-12,20H,3,8,13-15H2,1-2H3,(H,23,26)(H,24,27). The molecule has 10 heteroatoms. The lowest BCUT2D eigenvalue weighted by Crippen LogP contribution is -2.49. The second-order valence-corrected chi connectivity index (χ2v) is 9.32.